The lowest BCUT2D eigenvalue weighted by molar-refractivity contribution is -0.870. The molecule has 0 radical (unpaired) electrons. The van der Waals surface area contributed by atoms with Crippen molar-refractivity contribution in [2.45, 2.75) is 90.9 Å². The van der Waals surface area contributed by atoms with Crippen molar-refractivity contribution >= 4 is 14.5 Å². The largest absolute Gasteiger partial charge is 0.673 e. The number of nitrogens with zero attached hydrogens (tertiary/aromatic N) is 2. The maximum absolute atomic E-state index is 9.75. The molecule has 0 rings (SSSR count). The zero-order chi connectivity index (χ0) is 28.8. The first-order valence-electron chi connectivity index (χ1n) is 12.8. The highest BCUT2D eigenvalue weighted by atomic mass is 19.5. The van der Waals surface area contributed by atoms with Crippen molar-refractivity contribution in [3.63, 3.8) is 0 Å². The average Bonchev–Trinajstić information content (AvgIpc) is 2.53. The molecule has 0 aliphatic rings. The Labute approximate surface area is 211 Å². The Morgan fingerprint density at radius 1 is 0.457 bits per heavy atom. The minimum absolute atomic E-state index is 0.895. The average molecular weight is 532 g/mol. The maximum atomic E-state index is 9.75. The molecule has 0 unspecified atom stereocenters. The smallest absolute Gasteiger partial charge is 0.418 e. The van der Waals surface area contributed by atoms with Gasteiger partial charge in [0.2, 0.25) is 0 Å². The topological polar surface area (TPSA) is 0 Å². The lowest BCUT2D eigenvalue weighted by atomic mass is 10.0. The molecule has 0 amide bonds. The van der Waals surface area contributed by atoms with Crippen molar-refractivity contribution in [1.29, 1.82) is 0 Å². The first-order chi connectivity index (χ1) is 15.4. The SMILES string of the molecule is CC(C)CCCCCCCCCCCCC[N+](C)(C)C.C[N+](C)(C)C.F[B-](F)(F)F.F[B-](F)(F)F. The van der Waals surface area contributed by atoms with Crippen molar-refractivity contribution in [3.05, 3.63) is 0 Å². The summed E-state index contributed by atoms with van der Waals surface area (Å²) in [4.78, 5) is 0. The molecule has 0 saturated heterocycles. The van der Waals surface area contributed by atoms with Crippen molar-refractivity contribution in [2.75, 3.05) is 55.9 Å². The first-order valence-corrected chi connectivity index (χ1v) is 12.8. The van der Waals surface area contributed by atoms with Gasteiger partial charge >= 0.3 is 14.5 Å². The molecule has 35 heavy (non-hydrogen) atoms. The molecule has 0 heterocycles. The van der Waals surface area contributed by atoms with E-state index < -0.39 is 14.5 Å². The van der Waals surface area contributed by atoms with Crippen molar-refractivity contribution < 1.29 is 43.5 Å². The van der Waals surface area contributed by atoms with Gasteiger partial charge in [0, 0.05) is 0 Å². The molecule has 0 aliphatic carbocycles. The number of hydrogen-bond acceptors (Lipinski definition) is 0. The molecule has 0 aliphatic heterocycles. The first kappa shape index (κ1) is 41.6. The highest BCUT2D eigenvalue weighted by Crippen LogP contribution is 2.14. The summed E-state index contributed by atoms with van der Waals surface area (Å²) in [6.45, 7) is 6.00. The molecule has 218 valence electrons. The van der Waals surface area contributed by atoms with Crippen molar-refractivity contribution in [2.24, 2.45) is 5.92 Å². The minimum atomic E-state index is -6.00. The summed E-state index contributed by atoms with van der Waals surface area (Å²) in [6.07, 6.45) is 17.4. The van der Waals surface area contributed by atoms with Gasteiger partial charge < -0.3 is 43.5 Å². The Kier molecular flexibility index (Phi) is 27.0. The lowest BCUT2D eigenvalue weighted by Crippen LogP contribution is -2.35. The fourth-order valence-corrected chi connectivity index (χ4v) is 2.73. The second kappa shape index (κ2) is 22.7. The number of quaternary nitrogens is 2. The van der Waals surface area contributed by atoms with E-state index in [1.807, 2.05) is 0 Å². The molecule has 0 N–H and O–H groups in total. The fourth-order valence-electron chi connectivity index (χ4n) is 2.73. The Morgan fingerprint density at radius 2 is 0.657 bits per heavy atom. The van der Waals surface area contributed by atoms with Crippen LogP contribution in [0.15, 0.2) is 0 Å². The van der Waals surface area contributed by atoms with Gasteiger partial charge in [0.15, 0.2) is 0 Å². The predicted octanol–water partition coefficient (Wildman–Crippen LogP) is 8.95. The number of hydrogen-bond donors (Lipinski definition) is 0. The van der Waals surface area contributed by atoms with E-state index >= 15 is 0 Å². The Morgan fingerprint density at radius 3 is 0.857 bits per heavy atom. The quantitative estimate of drug-likeness (QED) is 0.0907. The van der Waals surface area contributed by atoms with Gasteiger partial charge in [0.1, 0.15) is 0 Å². The van der Waals surface area contributed by atoms with Crippen LogP contribution in [-0.4, -0.2) is 79.4 Å². The van der Waals surface area contributed by atoms with E-state index in [4.69, 9.17) is 0 Å². The Balaban J connectivity index is -0.000000258. The van der Waals surface area contributed by atoms with Crippen LogP contribution in [0.3, 0.4) is 0 Å². The van der Waals surface area contributed by atoms with Crippen molar-refractivity contribution in [1.82, 2.24) is 0 Å². The van der Waals surface area contributed by atoms with Gasteiger partial charge in [-0.25, -0.2) is 0 Å². The molecule has 0 aromatic rings. The van der Waals surface area contributed by atoms with E-state index in [2.05, 4.69) is 63.2 Å². The van der Waals surface area contributed by atoms with Crippen LogP contribution in [-0.2, 0) is 0 Å². The zero-order valence-corrected chi connectivity index (χ0v) is 23.8. The second-order valence-electron chi connectivity index (χ2n) is 11.8. The summed E-state index contributed by atoms with van der Waals surface area (Å²) in [5.74, 6) is 0.895. The van der Waals surface area contributed by atoms with E-state index in [1.165, 1.54) is 83.6 Å². The van der Waals surface area contributed by atoms with Crippen LogP contribution in [0.5, 0.6) is 0 Å². The van der Waals surface area contributed by atoms with E-state index in [1.54, 1.807) is 0 Å². The van der Waals surface area contributed by atoms with Crippen LogP contribution < -0.4 is 0 Å². The van der Waals surface area contributed by atoms with E-state index in [0.29, 0.717) is 0 Å². The van der Waals surface area contributed by atoms with Crippen molar-refractivity contribution in [3.8, 4) is 0 Å². The Hall–Kier alpha value is -0.510. The molecular weight excluding hydrogens is 478 g/mol. The molecule has 0 bridgehead atoms. The monoisotopic (exact) mass is 532 g/mol. The summed E-state index contributed by atoms with van der Waals surface area (Å²) in [5, 5.41) is 0. The van der Waals surface area contributed by atoms with Crippen LogP contribution in [0.4, 0.5) is 34.5 Å². The number of rotatable bonds is 14. The maximum Gasteiger partial charge on any atom is 0.673 e. The summed E-state index contributed by atoms with van der Waals surface area (Å²) in [6, 6.07) is 0. The summed E-state index contributed by atoms with van der Waals surface area (Å²) in [7, 11) is 3.38. The molecule has 12 heteroatoms. The van der Waals surface area contributed by atoms with Crippen LogP contribution in [0, 0.1) is 5.92 Å². The van der Waals surface area contributed by atoms with Crippen LogP contribution in [0.1, 0.15) is 90.9 Å². The fraction of sp³-hybridized carbons (Fsp3) is 1.00. The summed E-state index contributed by atoms with van der Waals surface area (Å²) in [5.41, 5.74) is 0. The standard InChI is InChI=1S/C19H42N.C4H12N.2BF4/c1-19(2)17-15-13-11-9-7-6-8-10-12-14-16-18-20(3,4)5;1-5(2,3)4;2*2-1(3,4)5/h19H,6-18H2,1-5H3;1-4H3;;/q2*+1;2*-1. The third-order valence-corrected chi connectivity index (χ3v) is 4.11. The van der Waals surface area contributed by atoms with Gasteiger partial charge in [0.25, 0.3) is 0 Å². The molecular formula is C23H54B2F8N2. The van der Waals surface area contributed by atoms with Crippen LogP contribution in [0.25, 0.3) is 0 Å². The zero-order valence-electron chi connectivity index (χ0n) is 23.8. The molecule has 0 saturated carbocycles. The van der Waals surface area contributed by atoms with Crippen LogP contribution >= 0.6 is 0 Å². The summed E-state index contributed by atoms with van der Waals surface area (Å²) < 4.78 is 80.1. The highest BCUT2D eigenvalue weighted by molar-refractivity contribution is 6.50. The minimum Gasteiger partial charge on any atom is -0.418 e. The number of halogens is 8. The molecule has 0 aromatic heterocycles. The van der Waals surface area contributed by atoms with Gasteiger partial charge in [0.05, 0.1) is 55.9 Å². The van der Waals surface area contributed by atoms with E-state index in [-0.39, 0.29) is 0 Å². The molecule has 0 spiro atoms. The molecule has 0 aromatic carbocycles. The third-order valence-electron chi connectivity index (χ3n) is 4.11. The summed E-state index contributed by atoms with van der Waals surface area (Å²) >= 11 is 0. The second-order valence-corrected chi connectivity index (χ2v) is 11.8. The lowest BCUT2D eigenvalue weighted by Gasteiger charge is -2.23. The predicted molar refractivity (Wildman–Crippen MR) is 137 cm³/mol. The molecule has 0 atom stereocenters. The Bertz CT molecular complexity index is 387. The van der Waals surface area contributed by atoms with Gasteiger partial charge in [-0.15, -0.1) is 0 Å². The van der Waals surface area contributed by atoms with Gasteiger partial charge in [-0.1, -0.05) is 78.1 Å². The van der Waals surface area contributed by atoms with Gasteiger partial charge in [-0.05, 0) is 18.8 Å². The normalized spacial score (nSPS) is 12.2. The number of unbranched alkanes of at least 4 members (excludes halogenated alkanes) is 10. The van der Waals surface area contributed by atoms with Crippen LogP contribution in [0.2, 0.25) is 0 Å². The van der Waals surface area contributed by atoms with E-state index in [9.17, 15) is 34.5 Å². The molecule has 2 nitrogen and oxygen atoms in total. The van der Waals surface area contributed by atoms with Gasteiger partial charge in [-0.3, -0.25) is 0 Å². The third kappa shape index (κ3) is 122. The molecule has 0 fully saturated rings. The highest BCUT2D eigenvalue weighted by Gasteiger charge is 2.21. The van der Waals surface area contributed by atoms with Gasteiger partial charge in [-0.2, -0.15) is 0 Å². The van der Waals surface area contributed by atoms with E-state index in [0.717, 1.165) is 14.9 Å².